The number of nitrogens with zero attached hydrogens (tertiary/aromatic N) is 1. The van der Waals surface area contributed by atoms with Crippen molar-refractivity contribution >= 4 is 17.7 Å². The molecular formula is C20H22N2O4. The molecule has 0 bridgehead atoms. The highest BCUT2D eigenvalue weighted by Gasteiger charge is 2.31. The van der Waals surface area contributed by atoms with Crippen molar-refractivity contribution in [2.75, 3.05) is 18.4 Å². The lowest BCUT2D eigenvalue weighted by molar-refractivity contribution is -0.143. The summed E-state index contributed by atoms with van der Waals surface area (Å²) in [5, 5.41) is 12.1. The molecule has 1 aliphatic heterocycles. The first kappa shape index (κ1) is 17.8. The SMILES string of the molecule is CC1CC(C(=O)O)CN(C(=O)Nc2cccc(Oc3ccccc3)c2)C1. The van der Waals surface area contributed by atoms with E-state index in [1.807, 2.05) is 43.3 Å². The number of nitrogens with one attached hydrogen (secondary N) is 1. The maximum atomic E-state index is 12.5. The number of carbonyl (C=O) groups is 2. The van der Waals surface area contributed by atoms with E-state index in [2.05, 4.69) is 5.32 Å². The lowest BCUT2D eigenvalue weighted by Gasteiger charge is -2.34. The minimum absolute atomic E-state index is 0.156. The maximum absolute atomic E-state index is 12.5. The fourth-order valence-corrected chi connectivity index (χ4v) is 3.16. The number of hydrogen-bond acceptors (Lipinski definition) is 3. The van der Waals surface area contributed by atoms with Gasteiger partial charge in [-0.05, 0) is 36.6 Å². The number of amides is 2. The van der Waals surface area contributed by atoms with E-state index in [4.69, 9.17) is 4.74 Å². The van der Waals surface area contributed by atoms with Crippen molar-refractivity contribution in [3.8, 4) is 11.5 Å². The number of anilines is 1. The van der Waals surface area contributed by atoms with E-state index in [-0.39, 0.29) is 18.5 Å². The van der Waals surface area contributed by atoms with E-state index in [0.29, 0.717) is 30.2 Å². The molecule has 0 saturated carbocycles. The van der Waals surface area contributed by atoms with Crippen molar-refractivity contribution in [1.82, 2.24) is 4.90 Å². The molecule has 136 valence electrons. The van der Waals surface area contributed by atoms with Crippen LogP contribution in [0.3, 0.4) is 0 Å². The van der Waals surface area contributed by atoms with Gasteiger partial charge in [0.15, 0.2) is 0 Å². The number of aliphatic carboxylic acids is 1. The standard InChI is InChI=1S/C20H22N2O4/c1-14-10-15(19(23)24)13-22(12-14)20(25)21-16-6-5-9-18(11-16)26-17-7-3-2-4-8-17/h2-9,11,14-15H,10,12-13H2,1H3,(H,21,25)(H,23,24). The first-order chi connectivity index (χ1) is 12.5. The van der Waals surface area contributed by atoms with Crippen LogP contribution in [0.2, 0.25) is 0 Å². The topological polar surface area (TPSA) is 78.9 Å². The Hall–Kier alpha value is -3.02. The van der Waals surface area contributed by atoms with Crippen LogP contribution in [-0.2, 0) is 4.79 Å². The van der Waals surface area contributed by atoms with Gasteiger partial charge in [0, 0.05) is 24.8 Å². The Morgan fingerprint density at radius 3 is 2.54 bits per heavy atom. The van der Waals surface area contributed by atoms with Gasteiger partial charge in [-0.25, -0.2) is 4.79 Å². The van der Waals surface area contributed by atoms with E-state index < -0.39 is 11.9 Å². The average Bonchev–Trinajstić information content (AvgIpc) is 2.62. The molecule has 1 aliphatic rings. The lowest BCUT2D eigenvalue weighted by Crippen LogP contribution is -2.47. The van der Waals surface area contributed by atoms with Crippen LogP contribution in [0.15, 0.2) is 54.6 Å². The van der Waals surface area contributed by atoms with Gasteiger partial charge < -0.3 is 20.1 Å². The van der Waals surface area contributed by atoms with Crippen LogP contribution in [0.1, 0.15) is 13.3 Å². The van der Waals surface area contributed by atoms with Gasteiger partial charge in [0.25, 0.3) is 0 Å². The molecule has 2 aromatic rings. The molecule has 2 aromatic carbocycles. The molecule has 2 amide bonds. The van der Waals surface area contributed by atoms with E-state index in [0.717, 1.165) is 0 Å². The van der Waals surface area contributed by atoms with Crippen molar-refractivity contribution in [1.29, 1.82) is 0 Å². The van der Waals surface area contributed by atoms with Gasteiger partial charge in [0.1, 0.15) is 11.5 Å². The number of carbonyl (C=O) groups excluding carboxylic acids is 1. The molecule has 1 saturated heterocycles. The Kier molecular flexibility index (Phi) is 5.41. The van der Waals surface area contributed by atoms with E-state index in [9.17, 15) is 14.7 Å². The summed E-state index contributed by atoms with van der Waals surface area (Å²) in [6.07, 6.45) is 0.597. The van der Waals surface area contributed by atoms with E-state index in [1.54, 1.807) is 23.1 Å². The van der Waals surface area contributed by atoms with Crippen LogP contribution in [0, 0.1) is 11.8 Å². The Morgan fingerprint density at radius 1 is 1.08 bits per heavy atom. The minimum atomic E-state index is -0.854. The van der Waals surface area contributed by atoms with Crippen LogP contribution in [-0.4, -0.2) is 35.1 Å². The minimum Gasteiger partial charge on any atom is -0.481 e. The second kappa shape index (κ2) is 7.91. The largest absolute Gasteiger partial charge is 0.481 e. The first-order valence-electron chi connectivity index (χ1n) is 8.63. The number of urea groups is 1. The zero-order chi connectivity index (χ0) is 18.5. The summed E-state index contributed by atoms with van der Waals surface area (Å²) in [6, 6.07) is 16.2. The number of benzene rings is 2. The lowest BCUT2D eigenvalue weighted by atomic mass is 9.91. The maximum Gasteiger partial charge on any atom is 0.321 e. The highest BCUT2D eigenvalue weighted by Crippen LogP contribution is 2.25. The molecular weight excluding hydrogens is 332 g/mol. The van der Waals surface area contributed by atoms with Crippen molar-refractivity contribution in [2.45, 2.75) is 13.3 Å². The summed E-state index contributed by atoms with van der Waals surface area (Å²) >= 11 is 0. The van der Waals surface area contributed by atoms with Gasteiger partial charge in [0.05, 0.1) is 5.92 Å². The fourth-order valence-electron chi connectivity index (χ4n) is 3.16. The van der Waals surface area contributed by atoms with Crippen molar-refractivity contribution in [3.05, 3.63) is 54.6 Å². The number of hydrogen-bond donors (Lipinski definition) is 2. The molecule has 6 nitrogen and oxygen atoms in total. The predicted octanol–water partition coefficient (Wildman–Crippen LogP) is 4.05. The van der Waals surface area contributed by atoms with Gasteiger partial charge in [0.2, 0.25) is 0 Å². The molecule has 1 heterocycles. The number of likely N-dealkylation sites (tertiary alicyclic amines) is 1. The monoisotopic (exact) mass is 354 g/mol. The van der Waals surface area contributed by atoms with E-state index >= 15 is 0 Å². The van der Waals surface area contributed by atoms with Crippen molar-refractivity contribution < 1.29 is 19.4 Å². The fraction of sp³-hybridized carbons (Fsp3) is 0.300. The molecule has 0 aliphatic carbocycles. The summed E-state index contributed by atoms with van der Waals surface area (Å²) in [6.45, 7) is 2.74. The summed E-state index contributed by atoms with van der Waals surface area (Å²) in [5.74, 6) is 0.114. The molecule has 0 radical (unpaired) electrons. The number of rotatable bonds is 4. The van der Waals surface area contributed by atoms with Crippen LogP contribution in [0.25, 0.3) is 0 Å². The zero-order valence-corrected chi connectivity index (χ0v) is 14.6. The van der Waals surface area contributed by atoms with Gasteiger partial charge >= 0.3 is 12.0 Å². The molecule has 2 N–H and O–H groups in total. The average molecular weight is 354 g/mol. The second-order valence-corrected chi connectivity index (χ2v) is 6.65. The third-order valence-corrected chi connectivity index (χ3v) is 4.36. The number of carboxylic acids is 1. The van der Waals surface area contributed by atoms with E-state index in [1.165, 1.54) is 0 Å². The van der Waals surface area contributed by atoms with Gasteiger partial charge in [-0.2, -0.15) is 0 Å². The number of carboxylic acid groups (broad SMARTS) is 1. The zero-order valence-electron chi connectivity index (χ0n) is 14.6. The molecule has 0 spiro atoms. The predicted molar refractivity (Wildman–Crippen MR) is 98.5 cm³/mol. The summed E-state index contributed by atoms with van der Waals surface area (Å²) < 4.78 is 5.77. The van der Waals surface area contributed by atoms with Crippen LogP contribution < -0.4 is 10.1 Å². The van der Waals surface area contributed by atoms with Crippen LogP contribution in [0.5, 0.6) is 11.5 Å². The second-order valence-electron chi connectivity index (χ2n) is 6.65. The Bertz CT molecular complexity index is 778. The van der Waals surface area contributed by atoms with Crippen molar-refractivity contribution in [2.24, 2.45) is 11.8 Å². The van der Waals surface area contributed by atoms with Gasteiger partial charge in [-0.1, -0.05) is 31.2 Å². The Morgan fingerprint density at radius 2 is 1.81 bits per heavy atom. The highest BCUT2D eigenvalue weighted by atomic mass is 16.5. The number of piperidine rings is 1. The van der Waals surface area contributed by atoms with Crippen LogP contribution in [0.4, 0.5) is 10.5 Å². The molecule has 2 atom stereocenters. The Labute approximate surface area is 152 Å². The summed E-state index contributed by atoms with van der Waals surface area (Å²) in [4.78, 5) is 25.4. The Balaban J connectivity index is 1.65. The van der Waals surface area contributed by atoms with Crippen LogP contribution >= 0.6 is 0 Å². The highest BCUT2D eigenvalue weighted by molar-refractivity contribution is 5.90. The quantitative estimate of drug-likeness (QED) is 0.868. The molecule has 6 heteroatoms. The number of ether oxygens (including phenoxy) is 1. The number of para-hydroxylation sites is 1. The third kappa shape index (κ3) is 4.53. The third-order valence-electron chi connectivity index (χ3n) is 4.36. The molecule has 2 unspecified atom stereocenters. The molecule has 1 fully saturated rings. The molecule has 3 rings (SSSR count). The van der Waals surface area contributed by atoms with Crippen molar-refractivity contribution in [3.63, 3.8) is 0 Å². The normalized spacial score (nSPS) is 19.7. The first-order valence-corrected chi connectivity index (χ1v) is 8.63. The molecule has 0 aromatic heterocycles. The van der Waals surface area contributed by atoms with Gasteiger partial charge in [-0.3, -0.25) is 4.79 Å². The smallest absolute Gasteiger partial charge is 0.321 e. The summed E-state index contributed by atoms with van der Waals surface area (Å²) in [7, 11) is 0. The molecule has 26 heavy (non-hydrogen) atoms. The van der Waals surface area contributed by atoms with Gasteiger partial charge in [-0.15, -0.1) is 0 Å². The summed E-state index contributed by atoms with van der Waals surface area (Å²) in [5.41, 5.74) is 0.605.